The summed E-state index contributed by atoms with van der Waals surface area (Å²) in [5, 5.41) is 2.72. The molecule has 24 heavy (non-hydrogen) atoms. The van der Waals surface area contributed by atoms with Gasteiger partial charge in [-0.25, -0.2) is 14.8 Å². The van der Waals surface area contributed by atoms with E-state index in [0.29, 0.717) is 23.1 Å². The zero-order valence-corrected chi connectivity index (χ0v) is 13.0. The number of aromatic nitrogens is 4. The van der Waals surface area contributed by atoms with Crippen LogP contribution in [0.15, 0.2) is 40.4 Å². The first-order chi connectivity index (χ1) is 11.5. The molecular weight excluding hydrogens is 310 g/mol. The molecule has 2 heterocycles. The molecule has 1 aromatic carbocycles. The number of amides is 1. The van der Waals surface area contributed by atoms with E-state index in [2.05, 4.69) is 26.8 Å². The fourth-order valence-electron chi connectivity index (χ4n) is 2.30. The largest absolute Gasteiger partial charge is 0.330 e. The predicted molar refractivity (Wildman–Crippen MR) is 91.0 cm³/mol. The molecule has 0 aliphatic heterocycles. The zero-order valence-electron chi connectivity index (χ0n) is 13.0. The van der Waals surface area contributed by atoms with Crippen LogP contribution in [0.4, 0.5) is 5.69 Å². The Bertz CT molecular complexity index is 1080. The van der Waals surface area contributed by atoms with Crippen molar-refractivity contribution in [1.29, 1.82) is 0 Å². The molecule has 0 bridgehead atoms. The Morgan fingerprint density at radius 2 is 2.12 bits per heavy atom. The number of carbonyl (C=O) groups excluding carboxylic acids is 1. The molecular formula is C16H15N5O3. The highest BCUT2D eigenvalue weighted by Gasteiger charge is 2.11. The minimum Gasteiger partial charge on any atom is -0.326 e. The van der Waals surface area contributed by atoms with Crippen molar-refractivity contribution in [2.24, 2.45) is 0 Å². The van der Waals surface area contributed by atoms with Crippen molar-refractivity contribution >= 4 is 33.8 Å². The summed E-state index contributed by atoms with van der Waals surface area (Å²) in [5.41, 5.74) is 0.624. The maximum Gasteiger partial charge on any atom is 0.330 e. The van der Waals surface area contributed by atoms with E-state index >= 15 is 0 Å². The number of anilines is 1. The monoisotopic (exact) mass is 325 g/mol. The molecule has 1 amide bonds. The van der Waals surface area contributed by atoms with Crippen LogP contribution in [0.3, 0.4) is 0 Å². The number of hydrogen-bond donors (Lipinski definition) is 2. The summed E-state index contributed by atoms with van der Waals surface area (Å²) in [6.45, 7) is 5.37. The van der Waals surface area contributed by atoms with Gasteiger partial charge in [0.25, 0.3) is 5.56 Å². The first-order valence-electron chi connectivity index (χ1n) is 7.39. The number of H-pyrrole nitrogens is 1. The van der Waals surface area contributed by atoms with Gasteiger partial charge in [0.2, 0.25) is 5.91 Å². The number of hydrogen-bond acceptors (Lipinski definition) is 5. The third-order valence-corrected chi connectivity index (χ3v) is 3.50. The number of aromatic amines is 1. The lowest BCUT2D eigenvalue weighted by molar-refractivity contribution is -0.115. The molecule has 0 aliphatic carbocycles. The highest BCUT2D eigenvalue weighted by atomic mass is 16.2. The quantitative estimate of drug-likeness (QED) is 0.552. The second-order valence-electron chi connectivity index (χ2n) is 5.16. The van der Waals surface area contributed by atoms with E-state index < -0.39 is 11.2 Å². The number of rotatable bonds is 4. The summed E-state index contributed by atoms with van der Waals surface area (Å²) >= 11 is 0. The molecule has 0 unspecified atom stereocenters. The molecule has 3 aromatic rings. The Balaban J connectivity index is 2.21. The van der Waals surface area contributed by atoms with Gasteiger partial charge in [0.15, 0.2) is 11.2 Å². The molecule has 0 saturated heterocycles. The first-order valence-corrected chi connectivity index (χ1v) is 7.39. The second kappa shape index (κ2) is 6.07. The normalized spacial score (nSPS) is 10.9. The molecule has 0 radical (unpaired) electrons. The maximum absolute atomic E-state index is 12.4. The molecule has 0 spiro atoms. The fourth-order valence-corrected chi connectivity index (χ4v) is 2.30. The van der Waals surface area contributed by atoms with Crippen molar-refractivity contribution in [1.82, 2.24) is 19.5 Å². The van der Waals surface area contributed by atoms with Crippen LogP contribution in [0.25, 0.3) is 22.2 Å². The molecule has 122 valence electrons. The number of fused-ring (bicyclic) bond motifs is 2. The lowest BCUT2D eigenvalue weighted by Gasteiger charge is -2.06. The van der Waals surface area contributed by atoms with Crippen LogP contribution >= 0.6 is 0 Å². The second-order valence-corrected chi connectivity index (χ2v) is 5.16. The third kappa shape index (κ3) is 2.69. The Morgan fingerprint density at radius 3 is 2.83 bits per heavy atom. The SMILES string of the molecule is C=CCn1c(=O)[nH]c2nc3cc(NC(=O)CC)ccc3nc2c1=O. The minimum absolute atomic E-state index is 0.0780. The first kappa shape index (κ1) is 15.6. The molecule has 2 aromatic heterocycles. The smallest absolute Gasteiger partial charge is 0.326 e. The van der Waals surface area contributed by atoms with Crippen molar-refractivity contribution in [3.63, 3.8) is 0 Å². The summed E-state index contributed by atoms with van der Waals surface area (Å²) in [7, 11) is 0. The van der Waals surface area contributed by atoms with E-state index in [1.807, 2.05) is 0 Å². The Hall–Kier alpha value is -3.29. The third-order valence-electron chi connectivity index (χ3n) is 3.50. The number of nitrogens with one attached hydrogen (secondary N) is 2. The topological polar surface area (TPSA) is 110 Å². The van der Waals surface area contributed by atoms with Crippen molar-refractivity contribution in [2.45, 2.75) is 19.9 Å². The van der Waals surface area contributed by atoms with E-state index in [1.165, 1.54) is 6.08 Å². The molecule has 8 nitrogen and oxygen atoms in total. The average molecular weight is 325 g/mol. The van der Waals surface area contributed by atoms with Crippen LogP contribution in [0.5, 0.6) is 0 Å². The standard InChI is InChI=1S/C16H15N5O3/c1-3-7-21-15(23)13-14(20-16(21)24)19-11-8-9(17-12(22)4-2)5-6-10(11)18-13/h3,5-6,8H,1,4,7H2,2H3,(H,17,22)(H,19,20,24). The van der Waals surface area contributed by atoms with Crippen molar-refractivity contribution < 1.29 is 4.79 Å². The Kier molecular flexibility index (Phi) is 3.95. The number of benzene rings is 1. The summed E-state index contributed by atoms with van der Waals surface area (Å²) in [6, 6.07) is 4.99. The molecule has 0 aliphatic rings. The van der Waals surface area contributed by atoms with Crippen LogP contribution in [0.2, 0.25) is 0 Å². The van der Waals surface area contributed by atoms with Gasteiger partial charge in [0.05, 0.1) is 11.0 Å². The van der Waals surface area contributed by atoms with E-state index in [9.17, 15) is 14.4 Å². The van der Waals surface area contributed by atoms with Gasteiger partial charge in [-0.2, -0.15) is 0 Å². The van der Waals surface area contributed by atoms with E-state index in [1.54, 1.807) is 25.1 Å². The van der Waals surface area contributed by atoms with Gasteiger partial charge in [-0.1, -0.05) is 13.0 Å². The van der Waals surface area contributed by atoms with Gasteiger partial charge in [-0.3, -0.25) is 19.1 Å². The highest BCUT2D eigenvalue weighted by molar-refractivity contribution is 5.93. The van der Waals surface area contributed by atoms with Gasteiger partial charge in [-0.05, 0) is 18.2 Å². The Labute approximate surface area is 135 Å². The summed E-state index contributed by atoms with van der Waals surface area (Å²) in [4.78, 5) is 46.9. The predicted octanol–water partition coefficient (Wildman–Crippen LogP) is 1.17. The number of allylic oxidation sites excluding steroid dienone is 1. The van der Waals surface area contributed by atoms with Crippen LogP contribution < -0.4 is 16.6 Å². The molecule has 0 saturated carbocycles. The fraction of sp³-hybridized carbons (Fsp3) is 0.188. The van der Waals surface area contributed by atoms with Crippen LogP contribution in [-0.2, 0) is 11.3 Å². The lowest BCUT2D eigenvalue weighted by atomic mass is 10.2. The summed E-state index contributed by atoms with van der Waals surface area (Å²) in [5.74, 6) is -0.121. The van der Waals surface area contributed by atoms with Crippen LogP contribution in [0, 0.1) is 0 Å². The molecule has 8 heteroatoms. The molecule has 0 fully saturated rings. The number of carbonyl (C=O) groups is 1. The van der Waals surface area contributed by atoms with Crippen molar-refractivity contribution in [2.75, 3.05) is 5.32 Å². The van der Waals surface area contributed by atoms with E-state index in [0.717, 1.165) is 4.57 Å². The average Bonchev–Trinajstić information content (AvgIpc) is 2.57. The molecule has 3 rings (SSSR count). The summed E-state index contributed by atoms with van der Waals surface area (Å²) < 4.78 is 1.01. The van der Waals surface area contributed by atoms with E-state index in [4.69, 9.17) is 0 Å². The molecule has 0 atom stereocenters. The zero-order chi connectivity index (χ0) is 17.3. The summed E-state index contributed by atoms with van der Waals surface area (Å²) in [6.07, 6.45) is 1.82. The lowest BCUT2D eigenvalue weighted by Crippen LogP contribution is -2.35. The van der Waals surface area contributed by atoms with Gasteiger partial charge in [0, 0.05) is 18.7 Å². The van der Waals surface area contributed by atoms with Crippen LogP contribution in [-0.4, -0.2) is 25.4 Å². The van der Waals surface area contributed by atoms with Crippen LogP contribution in [0.1, 0.15) is 13.3 Å². The highest BCUT2D eigenvalue weighted by Crippen LogP contribution is 2.17. The van der Waals surface area contributed by atoms with Gasteiger partial charge in [-0.15, -0.1) is 6.58 Å². The van der Waals surface area contributed by atoms with Gasteiger partial charge in [0.1, 0.15) is 0 Å². The van der Waals surface area contributed by atoms with Crippen molar-refractivity contribution in [3.8, 4) is 0 Å². The molecule has 2 N–H and O–H groups in total. The Morgan fingerprint density at radius 1 is 1.33 bits per heavy atom. The van der Waals surface area contributed by atoms with Gasteiger partial charge >= 0.3 is 5.69 Å². The van der Waals surface area contributed by atoms with Gasteiger partial charge < -0.3 is 5.32 Å². The van der Waals surface area contributed by atoms with E-state index in [-0.39, 0.29) is 23.6 Å². The van der Waals surface area contributed by atoms with Crippen molar-refractivity contribution in [3.05, 3.63) is 51.7 Å². The maximum atomic E-state index is 12.4. The minimum atomic E-state index is -0.573. The number of nitrogens with zero attached hydrogens (tertiary/aromatic N) is 3.